The molecule has 2 heterocycles. The van der Waals surface area contributed by atoms with Crippen LogP contribution < -0.4 is 0 Å². The zero-order valence-corrected chi connectivity index (χ0v) is 10.6. The van der Waals surface area contributed by atoms with E-state index in [0.717, 1.165) is 6.29 Å². The molecule has 0 aliphatic rings. The van der Waals surface area contributed by atoms with Gasteiger partial charge in [-0.15, -0.1) is 0 Å². The third-order valence-corrected chi connectivity index (χ3v) is 3.62. The summed E-state index contributed by atoms with van der Waals surface area (Å²) in [5.41, 5.74) is 1.86. The summed E-state index contributed by atoms with van der Waals surface area (Å²) in [5, 5.41) is 0. The minimum absolute atomic E-state index is 0.331. The number of aldehydes is 1. The summed E-state index contributed by atoms with van der Waals surface area (Å²) in [6, 6.07) is 0. The zero-order valence-electron chi connectivity index (χ0n) is 9.81. The molecule has 17 heavy (non-hydrogen) atoms. The Hall–Kier alpha value is -1.69. The summed E-state index contributed by atoms with van der Waals surface area (Å²) in [7, 11) is 0. The number of thiazole rings is 1. The van der Waals surface area contributed by atoms with Gasteiger partial charge in [-0.2, -0.15) is 0 Å². The average Bonchev–Trinajstić information content (AvgIpc) is 2.75. The van der Waals surface area contributed by atoms with Crippen molar-refractivity contribution >= 4 is 28.6 Å². The van der Waals surface area contributed by atoms with Crippen LogP contribution in [0.1, 0.15) is 38.5 Å². The Bertz CT molecular complexity index is 597. The summed E-state index contributed by atoms with van der Waals surface area (Å²) in [6.07, 6.45) is 0.754. The molecule has 90 valence electrons. The number of carbonyl (C=O) groups is 2. The van der Waals surface area contributed by atoms with Crippen LogP contribution in [0.15, 0.2) is 0 Å². The molecule has 5 nitrogen and oxygen atoms in total. The van der Waals surface area contributed by atoms with E-state index in [1.54, 1.807) is 25.2 Å². The fourth-order valence-corrected chi connectivity index (χ4v) is 2.77. The molecule has 0 aliphatic carbocycles. The molecule has 0 aromatic carbocycles. The molecule has 0 atom stereocenters. The number of esters is 1. The Labute approximate surface area is 102 Å². The van der Waals surface area contributed by atoms with Gasteiger partial charge in [-0.1, -0.05) is 11.3 Å². The van der Waals surface area contributed by atoms with E-state index in [0.29, 0.717) is 33.5 Å². The Morgan fingerprint density at radius 3 is 2.82 bits per heavy atom. The summed E-state index contributed by atoms with van der Waals surface area (Å²) in [6.45, 7) is 5.64. The molecule has 2 aromatic rings. The van der Waals surface area contributed by atoms with Crippen molar-refractivity contribution in [1.82, 2.24) is 9.38 Å². The third kappa shape index (κ3) is 1.74. The van der Waals surface area contributed by atoms with Crippen LogP contribution in [0.4, 0.5) is 0 Å². The molecule has 0 aliphatic heterocycles. The van der Waals surface area contributed by atoms with Gasteiger partial charge in [0.1, 0.15) is 10.6 Å². The second kappa shape index (κ2) is 4.29. The van der Waals surface area contributed by atoms with Crippen LogP contribution in [-0.4, -0.2) is 28.2 Å². The highest BCUT2D eigenvalue weighted by Gasteiger charge is 2.20. The zero-order chi connectivity index (χ0) is 12.6. The van der Waals surface area contributed by atoms with Crippen molar-refractivity contribution in [2.45, 2.75) is 20.8 Å². The number of fused-ring (bicyclic) bond motifs is 1. The summed E-state index contributed by atoms with van der Waals surface area (Å²) in [4.78, 5) is 28.1. The van der Waals surface area contributed by atoms with Crippen molar-refractivity contribution < 1.29 is 14.3 Å². The van der Waals surface area contributed by atoms with Crippen molar-refractivity contribution in [2.24, 2.45) is 0 Å². The molecule has 0 radical (unpaired) electrons. The van der Waals surface area contributed by atoms with E-state index in [1.807, 2.05) is 0 Å². The molecular weight excluding hydrogens is 240 g/mol. The maximum Gasteiger partial charge on any atom is 0.350 e. The maximum absolute atomic E-state index is 11.7. The van der Waals surface area contributed by atoms with Crippen molar-refractivity contribution in [1.29, 1.82) is 0 Å². The van der Waals surface area contributed by atoms with Gasteiger partial charge in [0.05, 0.1) is 12.3 Å². The smallest absolute Gasteiger partial charge is 0.350 e. The topological polar surface area (TPSA) is 60.7 Å². The number of rotatable bonds is 3. The lowest BCUT2D eigenvalue weighted by Crippen LogP contribution is -2.05. The number of carbonyl (C=O) groups excluding carboxylic acids is 2. The van der Waals surface area contributed by atoms with Crippen molar-refractivity contribution in [3.63, 3.8) is 0 Å². The lowest BCUT2D eigenvalue weighted by atomic mass is 10.3. The number of ether oxygens (including phenoxy) is 1. The molecule has 6 heteroatoms. The third-order valence-electron chi connectivity index (χ3n) is 2.50. The number of hydrogen-bond donors (Lipinski definition) is 0. The molecule has 0 bridgehead atoms. The fourth-order valence-electron chi connectivity index (χ4n) is 1.70. The number of aryl methyl sites for hydroxylation is 2. The number of aromatic nitrogens is 2. The largest absolute Gasteiger partial charge is 0.462 e. The van der Waals surface area contributed by atoms with Crippen LogP contribution in [0.5, 0.6) is 0 Å². The van der Waals surface area contributed by atoms with Crippen molar-refractivity contribution in [3.05, 3.63) is 22.0 Å². The fraction of sp³-hybridized carbons (Fsp3) is 0.364. The Morgan fingerprint density at radius 1 is 1.53 bits per heavy atom. The lowest BCUT2D eigenvalue weighted by Gasteiger charge is -2.00. The molecule has 0 unspecified atom stereocenters. The minimum Gasteiger partial charge on any atom is -0.462 e. The van der Waals surface area contributed by atoms with E-state index in [1.165, 1.54) is 11.3 Å². The Kier molecular flexibility index (Phi) is 2.97. The minimum atomic E-state index is -0.366. The van der Waals surface area contributed by atoms with Gasteiger partial charge in [0, 0.05) is 5.69 Å². The first-order valence-corrected chi connectivity index (χ1v) is 6.02. The molecule has 2 aromatic heterocycles. The van der Waals surface area contributed by atoms with Gasteiger partial charge in [0.25, 0.3) is 0 Å². The summed E-state index contributed by atoms with van der Waals surface area (Å²) < 4.78 is 6.65. The number of hydrogen-bond acceptors (Lipinski definition) is 5. The second-order valence-electron chi connectivity index (χ2n) is 3.56. The van der Waals surface area contributed by atoms with Gasteiger partial charge >= 0.3 is 5.97 Å². The molecule has 0 saturated carbocycles. The SMILES string of the molecule is CCOC(=O)c1sc2nc(C)c(C=O)n2c1C. The van der Waals surface area contributed by atoms with Gasteiger partial charge in [-0.3, -0.25) is 9.20 Å². The highest BCUT2D eigenvalue weighted by molar-refractivity contribution is 7.19. The van der Waals surface area contributed by atoms with Crippen LogP contribution in [0, 0.1) is 13.8 Å². The van der Waals surface area contributed by atoms with Gasteiger partial charge < -0.3 is 4.74 Å². The Balaban J connectivity index is 2.62. The van der Waals surface area contributed by atoms with Crippen molar-refractivity contribution in [2.75, 3.05) is 6.61 Å². The highest BCUT2D eigenvalue weighted by Crippen LogP contribution is 2.25. The second-order valence-corrected chi connectivity index (χ2v) is 4.53. The van der Waals surface area contributed by atoms with Gasteiger partial charge in [0.15, 0.2) is 11.2 Å². The van der Waals surface area contributed by atoms with Gasteiger partial charge in [-0.05, 0) is 20.8 Å². The maximum atomic E-state index is 11.7. The molecule has 0 spiro atoms. The van der Waals surface area contributed by atoms with Crippen LogP contribution in [0.3, 0.4) is 0 Å². The van der Waals surface area contributed by atoms with Crippen LogP contribution in [-0.2, 0) is 4.74 Å². The van der Waals surface area contributed by atoms with Crippen molar-refractivity contribution in [3.8, 4) is 0 Å². The first-order valence-electron chi connectivity index (χ1n) is 5.20. The van der Waals surface area contributed by atoms with E-state index in [4.69, 9.17) is 4.74 Å². The van der Waals surface area contributed by atoms with E-state index < -0.39 is 0 Å². The van der Waals surface area contributed by atoms with Crippen LogP contribution in [0.2, 0.25) is 0 Å². The predicted molar refractivity (Wildman–Crippen MR) is 63.9 cm³/mol. The van der Waals surface area contributed by atoms with Gasteiger partial charge in [-0.25, -0.2) is 9.78 Å². The number of nitrogens with zero attached hydrogens (tertiary/aromatic N) is 2. The first kappa shape index (κ1) is 11.8. The average molecular weight is 252 g/mol. The van der Waals surface area contributed by atoms with E-state index in [9.17, 15) is 9.59 Å². The Morgan fingerprint density at radius 2 is 2.24 bits per heavy atom. The monoisotopic (exact) mass is 252 g/mol. The molecule has 2 rings (SSSR count). The van der Waals surface area contributed by atoms with Gasteiger partial charge in [0.2, 0.25) is 0 Å². The molecule has 0 fully saturated rings. The highest BCUT2D eigenvalue weighted by atomic mass is 32.1. The standard InChI is InChI=1S/C11H12N2O3S/c1-4-16-10(15)9-7(3)13-8(5-14)6(2)12-11(13)17-9/h5H,4H2,1-3H3. The normalized spacial score (nSPS) is 10.8. The quantitative estimate of drug-likeness (QED) is 0.619. The van der Waals surface area contributed by atoms with Crippen LogP contribution in [0.25, 0.3) is 4.96 Å². The predicted octanol–water partition coefficient (Wildman–Crippen LogP) is 2.00. The van der Waals surface area contributed by atoms with E-state index >= 15 is 0 Å². The summed E-state index contributed by atoms with van der Waals surface area (Å²) >= 11 is 1.24. The molecule has 0 N–H and O–H groups in total. The summed E-state index contributed by atoms with van der Waals surface area (Å²) in [5.74, 6) is -0.366. The molecule has 0 saturated heterocycles. The van der Waals surface area contributed by atoms with Crippen LogP contribution >= 0.6 is 11.3 Å². The first-order chi connectivity index (χ1) is 8.10. The van der Waals surface area contributed by atoms with E-state index in [2.05, 4.69) is 4.98 Å². The van der Waals surface area contributed by atoms with E-state index in [-0.39, 0.29) is 5.97 Å². The lowest BCUT2D eigenvalue weighted by molar-refractivity contribution is 0.0530. The molecular formula is C11H12N2O3S. The molecule has 0 amide bonds. The number of imidazole rings is 1.